The number of allylic oxidation sites excluding steroid dienone is 1. The van der Waals surface area contributed by atoms with E-state index in [0.717, 1.165) is 16.9 Å². The lowest BCUT2D eigenvalue weighted by Crippen LogP contribution is -2.40. The van der Waals surface area contributed by atoms with Crippen LogP contribution in [-0.4, -0.2) is 10.5 Å². The van der Waals surface area contributed by atoms with E-state index >= 15 is 0 Å². The first-order valence-corrected chi connectivity index (χ1v) is 11.7. The summed E-state index contributed by atoms with van der Waals surface area (Å²) < 4.78 is 7.76. The Bertz CT molecular complexity index is 1590. The summed E-state index contributed by atoms with van der Waals surface area (Å²) in [6.07, 6.45) is 1.73. The number of carbonyl (C=O) groups is 1. The molecule has 1 atom stereocenters. The number of amides is 1. The van der Waals surface area contributed by atoms with Crippen molar-refractivity contribution in [3.05, 3.63) is 120 Å². The van der Waals surface area contributed by atoms with Crippen LogP contribution in [0.25, 0.3) is 6.08 Å². The Hall–Kier alpha value is -3.97. The fourth-order valence-corrected chi connectivity index (χ4v) is 5.08. The SMILES string of the molecule is CC1=C(C(=O)Nc2ccccc2)C(c2ccc(C)cc2)n2c(s/c(=C\c3ccc(C)o3)c2=O)=N1. The van der Waals surface area contributed by atoms with Crippen molar-refractivity contribution in [1.29, 1.82) is 0 Å². The van der Waals surface area contributed by atoms with Gasteiger partial charge >= 0.3 is 0 Å². The molecule has 0 saturated heterocycles. The van der Waals surface area contributed by atoms with Crippen LogP contribution in [0.4, 0.5) is 5.69 Å². The summed E-state index contributed by atoms with van der Waals surface area (Å²) >= 11 is 1.29. The lowest BCUT2D eigenvalue weighted by molar-refractivity contribution is -0.113. The third-order valence-electron chi connectivity index (χ3n) is 5.73. The number of benzene rings is 2. The number of nitrogens with one attached hydrogen (secondary N) is 1. The number of para-hydroxylation sites is 1. The van der Waals surface area contributed by atoms with Gasteiger partial charge in [-0.15, -0.1) is 0 Å². The minimum atomic E-state index is -0.596. The molecule has 1 amide bonds. The minimum absolute atomic E-state index is 0.208. The van der Waals surface area contributed by atoms with Crippen molar-refractivity contribution in [2.45, 2.75) is 26.8 Å². The van der Waals surface area contributed by atoms with E-state index in [1.165, 1.54) is 11.3 Å². The maximum atomic E-state index is 13.6. The summed E-state index contributed by atoms with van der Waals surface area (Å²) in [6, 6.07) is 20.2. The summed E-state index contributed by atoms with van der Waals surface area (Å²) in [6.45, 7) is 5.68. The van der Waals surface area contributed by atoms with Gasteiger partial charge in [-0.05, 0) is 50.6 Å². The molecule has 7 heteroatoms. The van der Waals surface area contributed by atoms with Gasteiger partial charge in [-0.1, -0.05) is 59.4 Å². The molecule has 2 aromatic heterocycles. The molecule has 34 heavy (non-hydrogen) atoms. The fourth-order valence-electron chi connectivity index (χ4n) is 4.06. The molecule has 1 aliphatic heterocycles. The van der Waals surface area contributed by atoms with Crippen LogP contribution in [0.1, 0.15) is 35.6 Å². The van der Waals surface area contributed by atoms with Crippen molar-refractivity contribution in [1.82, 2.24) is 4.57 Å². The Kier molecular flexibility index (Phi) is 5.63. The van der Waals surface area contributed by atoms with E-state index in [0.29, 0.717) is 32.1 Å². The van der Waals surface area contributed by atoms with Crippen LogP contribution in [0.2, 0.25) is 0 Å². The largest absolute Gasteiger partial charge is 0.462 e. The van der Waals surface area contributed by atoms with E-state index < -0.39 is 6.04 Å². The normalized spacial score (nSPS) is 15.7. The summed E-state index contributed by atoms with van der Waals surface area (Å²) in [5.41, 5.74) is 3.45. The minimum Gasteiger partial charge on any atom is -0.462 e. The predicted molar refractivity (Wildman–Crippen MR) is 133 cm³/mol. The topological polar surface area (TPSA) is 76.6 Å². The molecule has 2 aromatic carbocycles. The van der Waals surface area contributed by atoms with Gasteiger partial charge in [0.15, 0.2) is 4.80 Å². The summed E-state index contributed by atoms with van der Waals surface area (Å²) in [5.74, 6) is 1.09. The van der Waals surface area contributed by atoms with Crippen molar-refractivity contribution >= 4 is 29.0 Å². The van der Waals surface area contributed by atoms with Gasteiger partial charge in [0.05, 0.1) is 21.8 Å². The van der Waals surface area contributed by atoms with Gasteiger partial charge < -0.3 is 9.73 Å². The number of anilines is 1. The average Bonchev–Trinajstić information content (AvgIpc) is 3.36. The highest BCUT2D eigenvalue weighted by molar-refractivity contribution is 7.07. The third-order valence-corrected chi connectivity index (χ3v) is 6.71. The van der Waals surface area contributed by atoms with Crippen molar-refractivity contribution in [2.24, 2.45) is 4.99 Å². The molecule has 1 unspecified atom stereocenters. The van der Waals surface area contributed by atoms with Gasteiger partial charge in [-0.2, -0.15) is 0 Å². The van der Waals surface area contributed by atoms with Crippen molar-refractivity contribution in [2.75, 3.05) is 5.32 Å². The quantitative estimate of drug-likeness (QED) is 0.489. The van der Waals surface area contributed by atoms with Crippen LogP contribution in [-0.2, 0) is 4.79 Å². The number of aryl methyl sites for hydroxylation is 2. The maximum absolute atomic E-state index is 13.6. The summed E-state index contributed by atoms with van der Waals surface area (Å²) in [7, 11) is 0. The van der Waals surface area contributed by atoms with E-state index in [4.69, 9.17) is 4.42 Å². The second-order valence-electron chi connectivity index (χ2n) is 8.26. The third kappa shape index (κ3) is 4.06. The van der Waals surface area contributed by atoms with Crippen molar-refractivity contribution in [3.63, 3.8) is 0 Å². The number of aromatic nitrogens is 1. The van der Waals surface area contributed by atoms with Gasteiger partial charge in [-0.25, -0.2) is 4.99 Å². The number of hydrogen-bond donors (Lipinski definition) is 1. The van der Waals surface area contributed by atoms with Gasteiger partial charge in [0.25, 0.3) is 11.5 Å². The van der Waals surface area contributed by atoms with Gasteiger partial charge in [0.2, 0.25) is 0 Å². The zero-order valence-electron chi connectivity index (χ0n) is 19.0. The summed E-state index contributed by atoms with van der Waals surface area (Å²) in [4.78, 5) is 32.3. The van der Waals surface area contributed by atoms with E-state index in [1.54, 1.807) is 10.6 Å². The highest BCUT2D eigenvalue weighted by Gasteiger charge is 2.32. The van der Waals surface area contributed by atoms with E-state index in [2.05, 4.69) is 10.3 Å². The van der Waals surface area contributed by atoms with Gasteiger partial charge in [0, 0.05) is 11.8 Å². The van der Waals surface area contributed by atoms with Crippen LogP contribution in [0.5, 0.6) is 0 Å². The van der Waals surface area contributed by atoms with Gasteiger partial charge in [0.1, 0.15) is 11.5 Å². The standard InChI is InChI=1S/C27H23N3O3S/c1-16-9-12-19(13-10-16)24-23(25(31)29-20-7-5-4-6-8-20)18(3)28-27-30(24)26(32)22(34-27)15-21-14-11-17(2)33-21/h4-15,24H,1-3H3,(H,29,31)/b22-15-. The molecule has 0 bridgehead atoms. The predicted octanol–water partition coefficient (Wildman–Crippen LogP) is 4.08. The number of hydrogen-bond acceptors (Lipinski definition) is 5. The lowest BCUT2D eigenvalue weighted by Gasteiger charge is -2.25. The van der Waals surface area contributed by atoms with E-state index in [-0.39, 0.29) is 11.5 Å². The number of thiazole rings is 1. The average molecular weight is 470 g/mol. The first-order valence-electron chi connectivity index (χ1n) is 10.9. The van der Waals surface area contributed by atoms with Crippen molar-refractivity contribution < 1.29 is 9.21 Å². The molecule has 0 saturated carbocycles. The zero-order chi connectivity index (χ0) is 23.8. The Labute approximate surface area is 200 Å². The molecule has 1 aliphatic rings. The van der Waals surface area contributed by atoms with E-state index in [9.17, 15) is 9.59 Å². The first kappa shape index (κ1) is 21.9. The number of furan rings is 1. The maximum Gasteiger partial charge on any atom is 0.271 e. The Morgan fingerprint density at radius 2 is 1.76 bits per heavy atom. The molecule has 3 heterocycles. The summed E-state index contributed by atoms with van der Waals surface area (Å²) in [5, 5.41) is 2.96. The molecule has 0 radical (unpaired) electrons. The Morgan fingerprint density at radius 1 is 1.03 bits per heavy atom. The molecule has 0 fully saturated rings. The molecule has 4 aromatic rings. The second kappa shape index (κ2) is 8.76. The molecule has 1 N–H and O–H groups in total. The highest BCUT2D eigenvalue weighted by atomic mass is 32.1. The monoisotopic (exact) mass is 469 g/mol. The van der Waals surface area contributed by atoms with Crippen LogP contribution in [0, 0.1) is 13.8 Å². The molecule has 0 spiro atoms. The molecule has 0 aliphatic carbocycles. The van der Waals surface area contributed by atoms with Crippen LogP contribution >= 0.6 is 11.3 Å². The zero-order valence-corrected chi connectivity index (χ0v) is 19.8. The molecule has 6 nitrogen and oxygen atoms in total. The molecule has 5 rings (SSSR count). The first-order chi connectivity index (χ1) is 16.4. The smallest absolute Gasteiger partial charge is 0.271 e. The number of fused-ring (bicyclic) bond motifs is 1. The van der Waals surface area contributed by atoms with Crippen LogP contribution in [0.15, 0.2) is 92.2 Å². The number of rotatable bonds is 4. The molecule has 170 valence electrons. The lowest BCUT2D eigenvalue weighted by atomic mass is 9.94. The Morgan fingerprint density at radius 3 is 2.44 bits per heavy atom. The van der Waals surface area contributed by atoms with E-state index in [1.807, 2.05) is 87.5 Å². The van der Waals surface area contributed by atoms with Crippen LogP contribution < -0.4 is 20.2 Å². The second-order valence-corrected chi connectivity index (χ2v) is 9.27. The Balaban J connectivity index is 1.68. The number of carbonyl (C=O) groups excluding carboxylic acids is 1. The molecular formula is C27H23N3O3S. The molecular weight excluding hydrogens is 446 g/mol. The number of nitrogens with zero attached hydrogens (tertiary/aromatic N) is 2. The fraction of sp³-hybridized carbons (Fsp3) is 0.148. The highest BCUT2D eigenvalue weighted by Crippen LogP contribution is 2.31. The van der Waals surface area contributed by atoms with Crippen LogP contribution in [0.3, 0.4) is 0 Å². The van der Waals surface area contributed by atoms with Crippen molar-refractivity contribution in [3.8, 4) is 0 Å². The van der Waals surface area contributed by atoms with Gasteiger partial charge in [-0.3, -0.25) is 14.2 Å².